The van der Waals surface area contributed by atoms with E-state index in [-0.39, 0.29) is 44.8 Å². The van der Waals surface area contributed by atoms with Gasteiger partial charge in [-0.3, -0.25) is 4.79 Å². The smallest absolute Gasteiger partial charge is 0.250 e. The largest absolute Gasteiger partial charge is 0.392 e. The number of aliphatic hydroxyl groups excluding tert-OH is 4. The molecule has 3 rings (SSSR count). The highest BCUT2D eigenvalue weighted by Gasteiger charge is 2.52. The Morgan fingerprint density at radius 3 is 2.40 bits per heavy atom. The number of hydrogen-bond donors (Lipinski definition) is 12. The normalized spacial score (nSPS) is 41.9. The molecule has 1 amide bonds. The van der Waals surface area contributed by atoms with Crippen LogP contribution in [0.3, 0.4) is 0 Å². The van der Waals surface area contributed by atoms with Crippen LogP contribution in [0.25, 0.3) is 0 Å². The summed E-state index contributed by atoms with van der Waals surface area (Å²) in [7, 11) is 1.57. The average molecular weight is 624 g/mol. The monoisotopic (exact) mass is 623 g/mol. The third kappa shape index (κ3) is 9.21. The number of ether oxygens (including phenoxy) is 4. The fraction of sp³-hybridized carbons (Fsp3) is 0.962. The lowest BCUT2D eigenvalue weighted by Crippen LogP contribution is -2.69. The minimum absolute atomic E-state index is 0.0474. The van der Waals surface area contributed by atoms with E-state index in [2.05, 4.69) is 16.0 Å². The van der Waals surface area contributed by atoms with Gasteiger partial charge in [0.25, 0.3) is 0 Å². The Kier molecular flexibility index (Phi) is 13.9. The van der Waals surface area contributed by atoms with E-state index in [0.29, 0.717) is 25.8 Å². The highest BCUT2D eigenvalue weighted by Crippen LogP contribution is 2.32. The molecule has 0 bridgehead atoms. The third-order valence-corrected chi connectivity index (χ3v) is 8.43. The second-order valence-electron chi connectivity index (χ2n) is 11.9. The topological polar surface area (TPSA) is 295 Å². The van der Waals surface area contributed by atoms with Crippen molar-refractivity contribution in [1.29, 1.82) is 0 Å². The van der Waals surface area contributed by atoms with Gasteiger partial charge in [0.2, 0.25) is 5.91 Å². The molecule has 252 valence electrons. The van der Waals surface area contributed by atoms with Gasteiger partial charge in [0.05, 0.1) is 36.9 Å². The molecule has 1 aliphatic carbocycles. The number of nitrogens with one attached hydrogen (secondary N) is 3. The van der Waals surface area contributed by atoms with Gasteiger partial charge in [-0.1, -0.05) is 0 Å². The summed E-state index contributed by atoms with van der Waals surface area (Å²) in [6.07, 6.45) is -8.09. The van der Waals surface area contributed by atoms with Gasteiger partial charge in [0.1, 0.15) is 36.1 Å². The van der Waals surface area contributed by atoms with E-state index < -0.39 is 78.8 Å². The van der Waals surface area contributed by atoms with E-state index in [0.717, 1.165) is 0 Å². The van der Waals surface area contributed by atoms with E-state index >= 15 is 0 Å². The van der Waals surface area contributed by atoms with E-state index in [1.54, 1.807) is 7.05 Å². The molecule has 16 N–H and O–H groups in total. The number of amides is 1. The van der Waals surface area contributed by atoms with Crippen molar-refractivity contribution in [3.05, 3.63) is 0 Å². The molecular formula is C26H53N7O10. The maximum absolute atomic E-state index is 12.6. The van der Waals surface area contributed by atoms with E-state index in [1.807, 2.05) is 0 Å². The fourth-order valence-electron chi connectivity index (χ4n) is 5.93. The molecule has 0 aromatic carbocycles. The molecule has 3 aliphatic rings. The lowest BCUT2D eigenvalue weighted by molar-refractivity contribution is -0.308. The van der Waals surface area contributed by atoms with Crippen molar-refractivity contribution in [3.8, 4) is 0 Å². The second-order valence-corrected chi connectivity index (χ2v) is 11.9. The molecule has 14 atom stereocenters. The molecule has 0 spiro atoms. The van der Waals surface area contributed by atoms with Crippen molar-refractivity contribution >= 4 is 5.91 Å². The van der Waals surface area contributed by atoms with Crippen molar-refractivity contribution in [3.63, 3.8) is 0 Å². The molecule has 3 fully saturated rings. The SMILES string of the molecule is CN[C@@H]1[C@@H](O)[C@@H](O[C@@H]2[C@@H](O)[C@H](O[C@H]3O[C@H](CN)CC[C@H]3NCC(O)CCN)[C@@H](N)C[C@H]2NC(=O)C(O)CN)OC[C@]1(C)O. The predicted octanol–water partition coefficient (Wildman–Crippen LogP) is -6.16. The maximum atomic E-state index is 12.6. The highest BCUT2D eigenvalue weighted by atomic mass is 16.7. The van der Waals surface area contributed by atoms with Crippen LogP contribution in [0.15, 0.2) is 0 Å². The Hall–Kier alpha value is -1.13. The van der Waals surface area contributed by atoms with Crippen LogP contribution < -0.4 is 38.9 Å². The molecule has 2 unspecified atom stereocenters. The molecule has 43 heavy (non-hydrogen) atoms. The Labute approximate surface area is 251 Å². The number of nitrogens with two attached hydrogens (primary N) is 4. The van der Waals surface area contributed by atoms with Crippen LogP contribution in [-0.4, -0.2) is 156 Å². The number of likely N-dealkylation sites (N-methyl/N-ethyl adjacent to an activating group) is 1. The first-order valence-corrected chi connectivity index (χ1v) is 15.0. The van der Waals surface area contributed by atoms with E-state index in [9.17, 15) is 30.3 Å². The van der Waals surface area contributed by atoms with Crippen LogP contribution in [0.2, 0.25) is 0 Å². The molecule has 1 saturated carbocycles. The molecule has 0 aromatic rings. The lowest BCUT2D eigenvalue weighted by Gasteiger charge is -2.49. The van der Waals surface area contributed by atoms with Crippen LogP contribution in [0, 0.1) is 0 Å². The predicted molar refractivity (Wildman–Crippen MR) is 153 cm³/mol. The van der Waals surface area contributed by atoms with Gasteiger partial charge in [-0.2, -0.15) is 0 Å². The van der Waals surface area contributed by atoms with Crippen LogP contribution in [0.4, 0.5) is 0 Å². The maximum Gasteiger partial charge on any atom is 0.250 e. The molecule has 0 aromatic heterocycles. The summed E-state index contributed by atoms with van der Waals surface area (Å²) < 4.78 is 24.1. The summed E-state index contributed by atoms with van der Waals surface area (Å²) in [6, 6.07) is -2.97. The van der Waals surface area contributed by atoms with Gasteiger partial charge in [0.15, 0.2) is 12.6 Å². The Balaban J connectivity index is 1.82. The second kappa shape index (κ2) is 16.4. The van der Waals surface area contributed by atoms with Crippen molar-refractivity contribution in [1.82, 2.24) is 16.0 Å². The molecule has 17 nitrogen and oxygen atoms in total. The number of rotatable bonds is 14. The Morgan fingerprint density at radius 2 is 1.77 bits per heavy atom. The number of carbonyl (C=O) groups is 1. The van der Waals surface area contributed by atoms with E-state index in [4.69, 9.17) is 41.9 Å². The molecule has 2 heterocycles. The lowest BCUT2D eigenvalue weighted by atomic mass is 9.83. The zero-order valence-corrected chi connectivity index (χ0v) is 25.0. The third-order valence-electron chi connectivity index (χ3n) is 8.43. The Morgan fingerprint density at radius 1 is 1.07 bits per heavy atom. The first kappa shape index (κ1) is 36.3. The summed E-state index contributed by atoms with van der Waals surface area (Å²) in [4.78, 5) is 12.6. The van der Waals surface area contributed by atoms with Crippen LogP contribution in [0.5, 0.6) is 0 Å². The fourth-order valence-corrected chi connectivity index (χ4v) is 5.93. The molecule has 2 saturated heterocycles. The minimum atomic E-state index is -1.51. The summed E-state index contributed by atoms with van der Waals surface area (Å²) in [5.74, 6) is -0.789. The van der Waals surface area contributed by atoms with Crippen molar-refractivity contribution in [2.75, 3.05) is 39.8 Å². The van der Waals surface area contributed by atoms with Gasteiger partial charge in [0, 0.05) is 25.7 Å². The number of carbonyl (C=O) groups excluding carboxylic acids is 1. The van der Waals surface area contributed by atoms with Crippen molar-refractivity contribution in [2.45, 2.75) is 118 Å². The first-order valence-electron chi connectivity index (χ1n) is 15.0. The van der Waals surface area contributed by atoms with Gasteiger partial charge < -0.3 is 83.4 Å². The summed E-state index contributed by atoms with van der Waals surface area (Å²) in [6.45, 7) is 1.80. The van der Waals surface area contributed by atoms with Crippen molar-refractivity contribution < 1.29 is 49.3 Å². The number of aliphatic hydroxyl groups is 5. The average Bonchev–Trinajstić information content (AvgIpc) is 2.97. The summed E-state index contributed by atoms with van der Waals surface area (Å²) >= 11 is 0. The van der Waals surface area contributed by atoms with Crippen LogP contribution in [0.1, 0.15) is 32.6 Å². The molecular weight excluding hydrogens is 570 g/mol. The summed E-state index contributed by atoms with van der Waals surface area (Å²) in [5.41, 5.74) is 21.9. The van der Waals surface area contributed by atoms with Gasteiger partial charge >= 0.3 is 0 Å². The zero-order valence-electron chi connectivity index (χ0n) is 25.0. The summed E-state index contributed by atoms with van der Waals surface area (Å²) in [5, 5.41) is 62.1. The quantitative estimate of drug-likeness (QED) is 0.0856. The van der Waals surface area contributed by atoms with Gasteiger partial charge in [-0.25, -0.2) is 0 Å². The van der Waals surface area contributed by atoms with Crippen molar-refractivity contribution in [2.24, 2.45) is 22.9 Å². The molecule has 17 heteroatoms. The number of hydrogen-bond acceptors (Lipinski definition) is 16. The highest BCUT2D eigenvalue weighted by molar-refractivity contribution is 5.81. The first-order chi connectivity index (χ1) is 20.4. The van der Waals surface area contributed by atoms with Gasteiger partial charge in [-0.05, 0) is 46.2 Å². The van der Waals surface area contributed by atoms with Crippen LogP contribution >= 0.6 is 0 Å². The standard InChI is InChI=1S/C26H53N7O10/c1-26(39)11-40-25(19(37)22(26)31-2)43-21-16(33-23(38)17(35)9-29)7-14(30)20(18(21)36)42-24-15(4-3-13(8-28)41-24)32-10-12(34)5-6-27/h12-22,24-25,31-32,34-37,39H,3-11,27-30H2,1-2H3,(H,33,38)/t12?,13-,14-,15+,16+,17?,18-,19+,20+,21-,22+,24+,25+,26-/m0/s1. The molecule has 0 radical (unpaired) electrons. The van der Waals surface area contributed by atoms with Crippen LogP contribution in [-0.2, 0) is 23.7 Å². The zero-order chi connectivity index (χ0) is 31.9. The Bertz CT molecular complexity index is 863. The minimum Gasteiger partial charge on any atom is -0.392 e. The van der Waals surface area contributed by atoms with Gasteiger partial charge in [-0.15, -0.1) is 0 Å². The van der Waals surface area contributed by atoms with E-state index in [1.165, 1.54) is 6.92 Å². The molecule has 2 aliphatic heterocycles.